The SMILES string of the molecule is O=C(N[C@@H](CCO)c1cccc([N+](=O)[O-])c1)OCc1ccccc1. The Balaban J connectivity index is 2.01. The summed E-state index contributed by atoms with van der Waals surface area (Å²) in [5.41, 5.74) is 1.31. The largest absolute Gasteiger partial charge is 0.445 e. The van der Waals surface area contributed by atoms with Crippen LogP contribution in [0.2, 0.25) is 0 Å². The van der Waals surface area contributed by atoms with Crippen LogP contribution in [0.1, 0.15) is 23.6 Å². The van der Waals surface area contributed by atoms with E-state index in [9.17, 15) is 20.0 Å². The van der Waals surface area contributed by atoms with Gasteiger partial charge in [0, 0.05) is 18.7 Å². The third-order valence-corrected chi connectivity index (χ3v) is 3.41. The Bertz CT molecular complexity index is 690. The van der Waals surface area contributed by atoms with Gasteiger partial charge in [0.15, 0.2) is 0 Å². The lowest BCUT2D eigenvalue weighted by atomic mass is 10.0. The number of ether oxygens (including phenoxy) is 1. The maximum absolute atomic E-state index is 11.9. The monoisotopic (exact) mass is 330 g/mol. The normalized spacial score (nSPS) is 11.5. The van der Waals surface area contributed by atoms with E-state index in [0.29, 0.717) is 5.56 Å². The standard InChI is InChI=1S/C17H18N2O5/c20-10-9-16(14-7-4-8-15(11-14)19(22)23)18-17(21)24-12-13-5-2-1-3-6-13/h1-8,11,16,20H,9-10,12H2,(H,18,21)/t16-/m0/s1. The molecule has 0 bridgehead atoms. The van der Waals surface area contributed by atoms with Crippen LogP contribution >= 0.6 is 0 Å². The first-order chi connectivity index (χ1) is 11.6. The van der Waals surface area contributed by atoms with Gasteiger partial charge < -0.3 is 15.2 Å². The molecule has 7 heteroatoms. The third-order valence-electron chi connectivity index (χ3n) is 3.41. The lowest BCUT2D eigenvalue weighted by molar-refractivity contribution is -0.384. The van der Waals surface area contributed by atoms with Gasteiger partial charge in [-0.2, -0.15) is 0 Å². The van der Waals surface area contributed by atoms with Gasteiger partial charge in [0.25, 0.3) is 5.69 Å². The Morgan fingerprint density at radius 1 is 1.21 bits per heavy atom. The Kier molecular flexibility index (Phi) is 6.27. The molecule has 2 aromatic carbocycles. The number of rotatable bonds is 7. The second kappa shape index (κ2) is 8.64. The molecular formula is C17H18N2O5. The minimum Gasteiger partial charge on any atom is -0.445 e. The average molecular weight is 330 g/mol. The molecule has 7 nitrogen and oxygen atoms in total. The van der Waals surface area contributed by atoms with Crippen molar-refractivity contribution in [2.75, 3.05) is 6.61 Å². The summed E-state index contributed by atoms with van der Waals surface area (Å²) in [5, 5.41) is 22.7. The molecule has 2 N–H and O–H groups in total. The van der Waals surface area contributed by atoms with Gasteiger partial charge >= 0.3 is 6.09 Å². The summed E-state index contributed by atoms with van der Waals surface area (Å²) in [7, 11) is 0. The van der Waals surface area contributed by atoms with E-state index in [1.54, 1.807) is 6.07 Å². The van der Waals surface area contributed by atoms with E-state index in [-0.39, 0.29) is 25.3 Å². The maximum atomic E-state index is 11.9. The van der Waals surface area contributed by atoms with Crippen molar-refractivity contribution < 1.29 is 19.6 Å². The molecule has 1 atom stereocenters. The second-order valence-electron chi connectivity index (χ2n) is 5.12. The van der Waals surface area contributed by atoms with E-state index in [2.05, 4.69) is 5.32 Å². The van der Waals surface area contributed by atoms with Crippen molar-refractivity contribution in [2.45, 2.75) is 19.1 Å². The van der Waals surface area contributed by atoms with Gasteiger partial charge in [-0.15, -0.1) is 0 Å². The van der Waals surface area contributed by atoms with Gasteiger partial charge in [0.05, 0.1) is 11.0 Å². The predicted octanol–water partition coefficient (Wildman–Crippen LogP) is 2.94. The highest BCUT2D eigenvalue weighted by molar-refractivity contribution is 5.68. The van der Waals surface area contributed by atoms with Crippen LogP contribution in [-0.4, -0.2) is 22.7 Å². The zero-order valence-electron chi connectivity index (χ0n) is 12.9. The number of carbonyl (C=O) groups excluding carboxylic acids is 1. The number of hydrogen-bond donors (Lipinski definition) is 2. The van der Waals surface area contributed by atoms with Crippen molar-refractivity contribution in [1.29, 1.82) is 0 Å². The number of carbonyl (C=O) groups is 1. The molecule has 0 radical (unpaired) electrons. The van der Waals surface area contributed by atoms with Crippen LogP contribution in [-0.2, 0) is 11.3 Å². The van der Waals surface area contributed by atoms with Crippen molar-refractivity contribution in [3.8, 4) is 0 Å². The van der Waals surface area contributed by atoms with Crippen molar-refractivity contribution in [1.82, 2.24) is 5.32 Å². The molecule has 0 unspecified atom stereocenters. The van der Waals surface area contributed by atoms with Crippen molar-refractivity contribution in [2.24, 2.45) is 0 Å². The van der Waals surface area contributed by atoms with Gasteiger partial charge in [-0.3, -0.25) is 10.1 Å². The van der Waals surface area contributed by atoms with Crippen LogP contribution in [0.25, 0.3) is 0 Å². The van der Waals surface area contributed by atoms with Crippen LogP contribution in [0.3, 0.4) is 0 Å². The average Bonchev–Trinajstić information content (AvgIpc) is 2.60. The van der Waals surface area contributed by atoms with Gasteiger partial charge in [-0.25, -0.2) is 4.79 Å². The second-order valence-corrected chi connectivity index (χ2v) is 5.12. The number of nitrogens with one attached hydrogen (secondary N) is 1. The molecule has 0 fully saturated rings. The molecule has 2 rings (SSSR count). The summed E-state index contributed by atoms with van der Waals surface area (Å²) >= 11 is 0. The number of hydrogen-bond acceptors (Lipinski definition) is 5. The Hall–Kier alpha value is -2.93. The van der Waals surface area contributed by atoms with E-state index in [1.807, 2.05) is 30.3 Å². The smallest absolute Gasteiger partial charge is 0.407 e. The van der Waals surface area contributed by atoms with E-state index in [4.69, 9.17) is 4.74 Å². The van der Waals surface area contributed by atoms with Crippen molar-refractivity contribution in [3.05, 3.63) is 75.8 Å². The summed E-state index contributed by atoms with van der Waals surface area (Å²) in [4.78, 5) is 22.3. The maximum Gasteiger partial charge on any atom is 0.407 e. The van der Waals surface area contributed by atoms with Gasteiger partial charge in [-0.1, -0.05) is 42.5 Å². The Labute approximate surface area is 139 Å². The first-order valence-corrected chi connectivity index (χ1v) is 7.42. The lowest BCUT2D eigenvalue weighted by Gasteiger charge is -2.18. The summed E-state index contributed by atoms with van der Waals surface area (Å²) in [5.74, 6) is 0. The number of aliphatic hydroxyl groups excluding tert-OH is 1. The van der Waals surface area contributed by atoms with Crippen LogP contribution in [0.5, 0.6) is 0 Å². The van der Waals surface area contributed by atoms with Gasteiger partial charge in [-0.05, 0) is 17.5 Å². The van der Waals surface area contributed by atoms with Crippen molar-refractivity contribution in [3.63, 3.8) is 0 Å². The molecule has 0 aliphatic heterocycles. The van der Waals surface area contributed by atoms with Crippen LogP contribution in [0, 0.1) is 10.1 Å². The van der Waals surface area contributed by atoms with Crippen LogP contribution in [0.4, 0.5) is 10.5 Å². The molecule has 2 aromatic rings. The molecule has 0 spiro atoms. The van der Waals surface area contributed by atoms with Gasteiger partial charge in [0.1, 0.15) is 6.61 Å². The van der Waals surface area contributed by atoms with E-state index in [1.165, 1.54) is 18.2 Å². The minimum absolute atomic E-state index is 0.0742. The summed E-state index contributed by atoms with van der Waals surface area (Å²) in [6.07, 6.45) is -0.425. The lowest BCUT2D eigenvalue weighted by Crippen LogP contribution is -2.29. The highest BCUT2D eigenvalue weighted by atomic mass is 16.6. The molecule has 126 valence electrons. The van der Waals surface area contributed by atoms with Crippen LogP contribution in [0.15, 0.2) is 54.6 Å². The number of aliphatic hydroxyl groups is 1. The van der Waals surface area contributed by atoms with Gasteiger partial charge in [0.2, 0.25) is 0 Å². The van der Waals surface area contributed by atoms with Crippen molar-refractivity contribution >= 4 is 11.8 Å². The zero-order chi connectivity index (χ0) is 17.4. The first kappa shape index (κ1) is 17.4. The number of amides is 1. The summed E-state index contributed by atoms with van der Waals surface area (Å²) < 4.78 is 5.14. The van der Waals surface area contributed by atoms with E-state index < -0.39 is 17.1 Å². The number of benzene rings is 2. The number of nitrogens with zero attached hydrogens (tertiary/aromatic N) is 1. The highest BCUT2D eigenvalue weighted by Gasteiger charge is 2.17. The topological polar surface area (TPSA) is 102 Å². The third kappa shape index (κ3) is 5.06. The minimum atomic E-state index is -0.649. The quantitative estimate of drug-likeness (QED) is 0.600. The van der Waals surface area contributed by atoms with E-state index in [0.717, 1.165) is 5.56 Å². The molecule has 0 saturated carbocycles. The highest BCUT2D eigenvalue weighted by Crippen LogP contribution is 2.21. The molecule has 0 saturated heterocycles. The fourth-order valence-corrected chi connectivity index (χ4v) is 2.21. The fourth-order valence-electron chi connectivity index (χ4n) is 2.21. The number of non-ortho nitro benzene ring substituents is 1. The zero-order valence-corrected chi connectivity index (χ0v) is 12.9. The predicted molar refractivity (Wildman–Crippen MR) is 87.3 cm³/mol. The van der Waals surface area contributed by atoms with E-state index >= 15 is 0 Å². The molecule has 0 aliphatic rings. The number of alkyl carbamates (subject to hydrolysis) is 1. The molecule has 1 amide bonds. The molecule has 24 heavy (non-hydrogen) atoms. The number of nitro benzene ring substituents is 1. The molecule has 0 aliphatic carbocycles. The number of nitro groups is 1. The first-order valence-electron chi connectivity index (χ1n) is 7.42. The summed E-state index contributed by atoms with van der Waals surface area (Å²) in [6, 6.07) is 14.6. The molecular weight excluding hydrogens is 312 g/mol. The molecule has 0 heterocycles. The fraction of sp³-hybridized carbons (Fsp3) is 0.235. The Morgan fingerprint density at radius 3 is 2.62 bits per heavy atom. The summed E-state index contributed by atoms with van der Waals surface area (Å²) in [6.45, 7) is -0.0558. The van der Waals surface area contributed by atoms with Crippen LogP contribution < -0.4 is 5.32 Å². The molecule has 0 aromatic heterocycles. The Morgan fingerprint density at radius 2 is 1.96 bits per heavy atom.